The highest BCUT2D eigenvalue weighted by molar-refractivity contribution is 6.32. The molecule has 1 aliphatic rings. The smallest absolute Gasteiger partial charge is 0.254 e. The molecule has 1 aromatic carbocycles. The van der Waals surface area contributed by atoms with E-state index in [1.165, 1.54) is 0 Å². The van der Waals surface area contributed by atoms with E-state index in [2.05, 4.69) is 18.9 Å². The van der Waals surface area contributed by atoms with Crippen LogP contribution in [0.15, 0.2) is 12.1 Å². The van der Waals surface area contributed by atoms with Gasteiger partial charge in [-0.3, -0.25) is 4.79 Å². The van der Waals surface area contributed by atoms with Crippen molar-refractivity contribution < 1.29 is 14.3 Å². The van der Waals surface area contributed by atoms with Gasteiger partial charge in [0.2, 0.25) is 0 Å². The molecule has 1 heterocycles. The van der Waals surface area contributed by atoms with E-state index >= 15 is 0 Å². The van der Waals surface area contributed by atoms with Gasteiger partial charge in [-0.05, 0) is 40.0 Å². The maximum Gasteiger partial charge on any atom is 0.254 e. The second kappa shape index (κ2) is 7.41. The van der Waals surface area contributed by atoms with Gasteiger partial charge < -0.3 is 19.3 Å². The van der Waals surface area contributed by atoms with Gasteiger partial charge in [-0.1, -0.05) is 11.6 Å². The van der Waals surface area contributed by atoms with E-state index in [1.807, 2.05) is 18.7 Å². The largest absolute Gasteiger partial charge is 0.493 e. The molecule has 6 heteroatoms. The molecule has 23 heavy (non-hydrogen) atoms. The van der Waals surface area contributed by atoms with E-state index in [4.69, 9.17) is 21.1 Å². The Labute approximate surface area is 143 Å². The number of piperazine rings is 1. The molecule has 0 N–H and O–H groups in total. The number of ether oxygens (including phenoxy) is 2. The molecule has 1 aliphatic heterocycles. The van der Waals surface area contributed by atoms with Crippen molar-refractivity contribution in [3.05, 3.63) is 22.7 Å². The molecule has 0 spiro atoms. The van der Waals surface area contributed by atoms with Gasteiger partial charge in [-0.2, -0.15) is 0 Å². The zero-order valence-corrected chi connectivity index (χ0v) is 15.2. The van der Waals surface area contributed by atoms with Gasteiger partial charge >= 0.3 is 0 Å². The van der Waals surface area contributed by atoms with Crippen LogP contribution in [0.3, 0.4) is 0 Å². The number of halogens is 1. The number of likely N-dealkylation sites (N-methyl/N-ethyl adjacent to an activating group) is 1. The molecule has 1 atom stereocenters. The molecule has 1 aromatic rings. The minimum absolute atomic E-state index is 0.0260. The quantitative estimate of drug-likeness (QED) is 0.845. The minimum atomic E-state index is -0.0272. The van der Waals surface area contributed by atoms with Gasteiger partial charge in [-0.25, -0.2) is 0 Å². The van der Waals surface area contributed by atoms with Crippen LogP contribution >= 0.6 is 11.6 Å². The number of hydrogen-bond donors (Lipinski definition) is 0. The fourth-order valence-electron chi connectivity index (χ4n) is 2.80. The van der Waals surface area contributed by atoms with Crippen LogP contribution in [-0.4, -0.2) is 61.6 Å². The number of nitrogens with zero attached hydrogens (tertiary/aromatic N) is 2. The van der Waals surface area contributed by atoms with Gasteiger partial charge in [0.1, 0.15) is 0 Å². The predicted molar refractivity (Wildman–Crippen MR) is 91.8 cm³/mol. The van der Waals surface area contributed by atoms with Crippen LogP contribution in [0.5, 0.6) is 11.5 Å². The number of amides is 1. The predicted octanol–water partition coefficient (Wildman–Crippen LogP) is 2.91. The lowest BCUT2D eigenvalue weighted by Gasteiger charge is -2.38. The lowest BCUT2D eigenvalue weighted by atomic mass is 10.1. The highest BCUT2D eigenvalue weighted by Gasteiger charge is 2.28. The summed E-state index contributed by atoms with van der Waals surface area (Å²) >= 11 is 6.32. The summed E-state index contributed by atoms with van der Waals surface area (Å²) in [6, 6.07) is 3.53. The number of rotatable bonds is 4. The normalized spacial score (nSPS) is 19.1. The van der Waals surface area contributed by atoms with E-state index < -0.39 is 0 Å². The van der Waals surface area contributed by atoms with Crippen LogP contribution in [0.4, 0.5) is 0 Å². The van der Waals surface area contributed by atoms with Crippen molar-refractivity contribution in [1.82, 2.24) is 9.80 Å². The summed E-state index contributed by atoms with van der Waals surface area (Å²) in [5.74, 6) is 0.936. The Bertz CT molecular complexity index is 577. The Morgan fingerprint density at radius 2 is 2.04 bits per heavy atom. The topological polar surface area (TPSA) is 42.0 Å². The number of methoxy groups -OCH3 is 1. The monoisotopic (exact) mass is 340 g/mol. The first-order chi connectivity index (χ1) is 10.8. The van der Waals surface area contributed by atoms with Crippen LogP contribution in [0, 0.1) is 0 Å². The van der Waals surface area contributed by atoms with Crippen LogP contribution in [-0.2, 0) is 0 Å². The zero-order valence-electron chi connectivity index (χ0n) is 14.4. The van der Waals surface area contributed by atoms with Crippen molar-refractivity contribution >= 4 is 17.5 Å². The van der Waals surface area contributed by atoms with Gasteiger partial charge in [-0.15, -0.1) is 0 Å². The highest BCUT2D eigenvalue weighted by atomic mass is 35.5. The Kier molecular flexibility index (Phi) is 5.76. The standard InChI is InChI=1S/C17H25ClN2O3/c1-11(2)23-16-14(18)8-13(9-15(16)22-5)17(21)20-7-6-19(4)10-12(20)3/h8-9,11-12H,6-7,10H2,1-5H3. The van der Waals surface area contributed by atoms with Crippen molar-refractivity contribution in [1.29, 1.82) is 0 Å². The molecule has 0 saturated carbocycles. The summed E-state index contributed by atoms with van der Waals surface area (Å²) in [5, 5.41) is 0.392. The summed E-state index contributed by atoms with van der Waals surface area (Å²) in [7, 11) is 3.61. The van der Waals surface area contributed by atoms with Crippen molar-refractivity contribution in [2.75, 3.05) is 33.8 Å². The fraction of sp³-hybridized carbons (Fsp3) is 0.588. The molecule has 1 saturated heterocycles. The molecule has 0 aromatic heterocycles. The molecule has 2 rings (SSSR count). The number of hydrogen-bond acceptors (Lipinski definition) is 4. The van der Waals surface area contributed by atoms with Gasteiger partial charge in [0.05, 0.1) is 18.2 Å². The van der Waals surface area contributed by atoms with E-state index in [0.29, 0.717) is 28.6 Å². The van der Waals surface area contributed by atoms with Crippen molar-refractivity contribution in [2.45, 2.75) is 32.9 Å². The zero-order chi connectivity index (χ0) is 17.1. The third-order valence-corrected chi connectivity index (χ3v) is 4.20. The first-order valence-corrected chi connectivity index (χ1v) is 8.25. The Hall–Kier alpha value is -1.46. The van der Waals surface area contributed by atoms with E-state index in [9.17, 15) is 4.79 Å². The van der Waals surface area contributed by atoms with Crippen molar-refractivity contribution in [2.24, 2.45) is 0 Å². The van der Waals surface area contributed by atoms with Crippen LogP contribution in [0.1, 0.15) is 31.1 Å². The average Bonchev–Trinajstić information content (AvgIpc) is 2.48. The van der Waals surface area contributed by atoms with Crippen LogP contribution < -0.4 is 9.47 Å². The number of benzene rings is 1. The van der Waals surface area contributed by atoms with Crippen molar-refractivity contribution in [3.8, 4) is 11.5 Å². The fourth-order valence-corrected chi connectivity index (χ4v) is 3.06. The van der Waals surface area contributed by atoms with Crippen molar-refractivity contribution in [3.63, 3.8) is 0 Å². The average molecular weight is 341 g/mol. The van der Waals surface area contributed by atoms with Gasteiger partial charge in [0.25, 0.3) is 5.91 Å². The Balaban J connectivity index is 2.29. The summed E-state index contributed by atoms with van der Waals surface area (Å²) in [5.41, 5.74) is 0.527. The molecular weight excluding hydrogens is 316 g/mol. The maximum atomic E-state index is 12.8. The minimum Gasteiger partial charge on any atom is -0.493 e. The molecular formula is C17H25ClN2O3. The molecule has 0 bridgehead atoms. The molecule has 0 radical (unpaired) electrons. The summed E-state index contributed by atoms with van der Waals surface area (Å²) in [6.07, 6.45) is -0.0272. The van der Waals surface area contributed by atoms with Gasteiger partial charge in [0.15, 0.2) is 11.5 Å². The van der Waals surface area contributed by atoms with E-state index in [1.54, 1.807) is 19.2 Å². The third-order valence-electron chi connectivity index (χ3n) is 3.92. The second-order valence-electron chi connectivity index (χ2n) is 6.27. The van der Waals surface area contributed by atoms with E-state index in [0.717, 1.165) is 13.1 Å². The van der Waals surface area contributed by atoms with E-state index in [-0.39, 0.29) is 18.1 Å². The number of carbonyl (C=O) groups is 1. The van der Waals surface area contributed by atoms with Gasteiger partial charge in [0, 0.05) is 31.2 Å². The summed E-state index contributed by atoms with van der Waals surface area (Å²) in [6.45, 7) is 8.34. The summed E-state index contributed by atoms with van der Waals surface area (Å²) in [4.78, 5) is 16.9. The third kappa shape index (κ3) is 4.09. The first kappa shape index (κ1) is 17.9. The lowest BCUT2D eigenvalue weighted by Crippen LogP contribution is -2.52. The molecule has 128 valence electrons. The molecule has 1 unspecified atom stereocenters. The maximum absolute atomic E-state index is 12.8. The summed E-state index contributed by atoms with van der Waals surface area (Å²) < 4.78 is 11.1. The highest BCUT2D eigenvalue weighted by Crippen LogP contribution is 2.37. The lowest BCUT2D eigenvalue weighted by molar-refractivity contribution is 0.0533. The SMILES string of the molecule is COc1cc(C(=O)N2CCN(C)CC2C)cc(Cl)c1OC(C)C. The van der Waals surface area contributed by atoms with Crippen LogP contribution in [0.2, 0.25) is 5.02 Å². The molecule has 1 amide bonds. The second-order valence-corrected chi connectivity index (χ2v) is 6.67. The first-order valence-electron chi connectivity index (χ1n) is 7.87. The molecule has 0 aliphatic carbocycles. The molecule has 5 nitrogen and oxygen atoms in total. The Morgan fingerprint density at radius 1 is 1.35 bits per heavy atom. The van der Waals surface area contributed by atoms with Crippen LogP contribution in [0.25, 0.3) is 0 Å². The Morgan fingerprint density at radius 3 is 2.61 bits per heavy atom. The number of carbonyl (C=O) groups excluding carboxylic acids is 1. The molecule has 1 fully saturated rings.